The van der Waals surface area contributed by atoms with Crippen molar-refractivity contribution in [3.63, 3.8) is 0 Å². The van der Waals surface area contributed by atoms with E-state index < -0.39 is 11.9 Å². The predicted molar refractivity (Wildman–Crippen MR) is 121 cm³/mol. The standard InChI is InChI=1S/C24H22N3O6/c1-14-12-18-20(23(28)26(14)13-15-6-4-3-5-7-15)19(21(22(25)33-18)24(29)32-2)16-8-10-17(11-9-16)27(30)31/h3-12,19,30H,13,25H2,1-2H3/q-1/t19-/m0/s1. The second-order valence-electron chi connectivity index (χ2n) is 7.61. The van der Waals surface area contributed by atoms with E-state index in [4.69, 9.17) is 20.4 Å². The summed E-state index contributed by atoms with van der Waals surface area (Å²) in [5.41, 5.74) is 8.03. The highest BCUT2D eigenvalue weighted by Crippen LogP contribution is 2.41. The quantitative estimate of drug-likeness (QED) is 0.450. The number of benzene rings is 2. The fraction of sp³-hybridized carbons (Fsp3) is 0.167. The molecular weight excluding hydrogens is 426 g/mol. The van der Waals surface area contributed by atoms with Gasteiger partial charge < -0.3 is 30.2 Å². The molecule has 1 aromatic heterocycles. The first kappa shape index (κ1) is 22.1. The molecule has 1 aliphatic rings. The van der Waals surface area contributed by atoms with Crippen molar-refractivity contribution in [2.75, 3.05) is 12.3 Å². The smallest absolute Gasteiger partial charge is 0.340 e. The van der Waals surface area contributed by atoms with E-state index in [0.717, 1.165) is 5.56 Å². The van der Waals surface area contributed by atoms with Crippen LogP contribution in [0.3, 0.4) is 0 Å². The van der Waals surface area contributed by atoms with Gasteiger partial charge >= 0.3 is 5.97 Å². The van der Waals surface area contributed by atoms with Crippen LogP contribution in [0.4, 0.5) is 5.69 Å². The Balaban J connectivity index is 1.92. The molecule has 0 aliphatic carbocycles. The molecule has 0 bridgehead atoms. The van der Waals surface area contributed by atoms with Crippen molar-refractivity contribution in [2.45, 2.75) is 19.4 Å². The van der Waals surface area contributed by atoms with Crippen LogP contribution in [0.1, 0.15) is 28.3 Å². The minimum Gasteiger partial charge on any atom is -0.733 e. The summed E-state index contributed by atoms with van der Waals surface area (Å²) in [4.78, 5) is 26.4. The number of hydrogen-bond acceptors (Lipinski definition) is 8. The summed E-state index contributed by atoms with van der Waals surface area (Å²) < 4.78 is 12.2. The van der Waals surface area contributed by atoms with Crippen molar-refractivity contribution >= 4 is 11.7 Å². The highest BCUT2D eigenvalue weighted by molar-refractivity contribution is 5.92. The van der Waals surface area contributed by atoms with E-state index in [-0.39, 0.29) is 39.2 Å². The Kier molecular flexibility index (Phi) is 5.91. The molecule has 4 rings (SSSR count). The normalized spacial score (nSPS) is 15.0. The number of fused-ring (bicyclic) bond motifs is 1. The summed E-state index contributed by atoms with van der Waals surface area (Å²) >= 11 is 0. The number of rotatable bonds is 5. The first-order chi connectivity index (χ1) is 15.8. The van der Waals surface area contributed by atoms with Gasteiger partial charge in [0.25, 0.3) is 5.56 Å². The van der Waals surface area contributed by atoms with Crippen LogP contribution in [0.25, 0.3) is 0 Å². The molecule has 3 aromatic rings. The van der Waals surface area contributed by atoms with Crippen LogP contribution in [0.15, 0.2) is 76.9 Å². The Morgan fingerprint density at radius 2 is 1.88 bits per heavy atom. The second kappa shape index (κ2) is 8.81. The number of aromatic nitrogens is 1. The molecule has 2 heterocycles. The van der Waals surface area contributed by atoms with Crippen LogP contribution >= 0.6 is 0 Å². The number of carbonyl (C=O) groups excluding carboxylic acids is 1. The number of nitrogens with zero attached hydrogens (tertiary/aromatic N) is 2. The van der Waals surface area contributed by atoms with E-state index in [1.807, 2.05) is 30.3 Å². The molecule has 1 atom stereocenters. The largest absolute Gasteiger partial charge is 0.733 e. The first-order valence-electron chi connectivity index (χ1n) is 10.1. The van der Waals surface area contributed by atoms with Crippen molar-refractivity contribution in [3.8, 4) is 5.75 Å². The molecule has 0 amide bonds. The maximum atomic E-state index is 13.7. The lowest BCUT2D eigenvalue weighted by Gasteiger charge is -2.29. The number of ether oxygens (including phenoxy) is 2. The lowest BCUT2D eigenvalue weighted by Crippen LogP contribution is -2.35. The predicted octanol–water partition coefficient (Wildman–Crippen LogP) is 2.77. The molecule has 9 nitrogen and oxygen atoms in total. The third kappa shape index (κ3) is 4.07. The monoisotopic (exact) mass is 448 g/mol. The van der Waals surface area contributed by atoms with E-state index >= 15 is 0 Å². The minimum absolute atomic E-state index is 0.00648. The molecule has 3 N–H and O–H groups in total. The Hall–Kier alpha value is -4.08. The van der Waals surface area contributed by atoms with Gasteiger partial charge in [-0.3, -0.25) is 10.0 Å². The summed E-state index contributed by atoms with van der Waals surface area (Å²) in [5.74, 6) is -1.57. The minimum atomic E-state index is -0.899. The number of pyridine rings is 1. The molecule has 0 fully saturated rings. The number of esters is 1. The third-order valence-corrected chi connectivity index (χ3v) is 5.61. The van der Waals surface area contributed by atoms with E-state index in [1.54, 1.807) is 17.6 Å². The van der Waals surface area contributed by atoms with Crippen LogP contribution in [-0.2, 0) is 16.1 Å². The molecule has 0 saturated carbocycles. The maximum Gasteiger partial charge on any atom is 0.340 e. The molecule has 0 spiro atoms. The first-order valence-corrected chi connectivity index (χ1v) is 10.1. The van der Waals surface area contributed by atoms with Crippen molar-refractivity contribution in [1.82, 2.24) is 4.57 Å². The molecule has 0 unspecified atom stereocenters. The zero-order valence-corrected chi connectivity index (χ0v) is 18.0. The Morgan fingerprint density at radius 3 is 2.48 bits per heavy atom. The maximum absolute atomic E-state index is 13.7. The Bertz CT molecular complexity index is 1280. The molecule has 2 aromatic carbocycles. The van der Waals surface area contributed by atoms with Crippen molar-refractivity contribution in [2.24, 2.45) is 5.73 Å². The van der Waals surface area contributed by atoms with E-state index in [0.29, 0.717) is 17.8 Å². The van der Waals surface area contributed by atoms with Gasteiger partial charge in [0, 0.05) is 11.8 Å². The average Bonchev–Trinajstić information content (AvgIpc) is 2.81. The van der Waals surface area contributed by atoms with Gasteiger partial charge in [-0.25, -0.2) is 4.79 Å². The lowest BCUT2D eigenvalue weighted by atomic mass is 9.83. The number of methoxy groups -OCH3 is 1. The average molecular weight is 448 g/mol. The summed E-state index contributed by atoms with van der Waals surface area (Å²) in [6.07, 6.45) is 0. The highest BCUT2D eigenvalue weighted by Gasteiger charge is 2.38. The molecule has 1 aliphatic heterocycles. The fourth-order valence-electron chi connectivity index (χ4n) is 3.99. The molecule has 170 valence electrons. The summed E-state index contributed by atoms with van der Waals surface area (Å²) in [6.45, 7) is 2.12. The van der Waals surface area contributed by atoms with Crippen LogP contribution in [0.2, 0.25) is 0 Å². The number of nitrogens with two attached hydrogens (primary N) is 1. The molecule has 0 radical (unpaired) electrons. The van der Waals surface area contributed by atoms with Gasteiger partial charge in [-0.1, -0.05) is 42.5 Å². The van der Waals surface area contributed by atoms with Crippen molar-refractivity contribution in [3.05, 3.63) is 110 Å². The lowest BCUT2D eigenvalue weighted by molar-refractivity contribution is -0.136. The van der Waals surface area contributed by atoms with E-state index in [1.165, 1.54) is 31.4 Å². The zero-order valence-electron chi connectivity index (χ0n) is 18.0. The molecular formula is C24H22N3O6-. The van der Waals surface area contributed by atoms with E-state index in [9.17, 15) is 14.8 Å². The van der Waals surface area contributed by atoms with Crippen LogP contribution in [0.5, 0.6) is 5.75 Å². The van der Waals surface area contributed by atoms with Crippen molar-refractivity contribution in [1.29, 1.82) is 0 Å². The van der Waals surface area contributed by atoms with Gasteiger partial charge in [0.15, 0.2) is 0 Å². The zero-order chi connectivity index (χ0) is 23.7. The second-order valence-corrected chi connectivity index (χ2v) is 7.61. The number of anilines is 1. The van der Waals surface area contributed by atoms with Crippen LogP contribution in [-0.4, -0.2) is 22.9 Å². The van der Waals surface area contributed by atoms with Crippen LogP contribution in [0, 0.1) is 12.1 Å². The van der Waals surface area contributed by atoms with Crippen molar-refractivity contribution < 1.29 is 19.5 Å². The number of carbonyl (C=O) groups is 1. The SMILES string of the molecule is COC(=O)C1=C(N)Oc2cc(C)n(Cc3ccccc3)c(=O)c2[C@@H]1c1ccc(N([O-])O)cc1. The summed E-state index contributed by atoms with van der Waals surface area (Å²) in [7, 11) is 1.21. The van der Waals surface area contributed by atoms with Crippen LogP contribution < -0.4 is 21.3 Å². The molecule has 9 heteroatoms. The van der Waals surface area contributed by atoms with Gasteiger partial charge in [-0.15, -0.1) is 0 Å². The van der Waals surface area contributed by atoms with Gasteiger partial charge in [0.2, 0.25) is 5.88 Å². The molecule has 33 heavy (non-hydrogen) atoms. The van der Waals surface area contributed by atoms with E-state index in [2.05, 4.69) is 0 Å². The molecule has 0 saturated heterocycles. The Labute approximate surface area is 189 Å². The topological polar surface area (TPSA) is 130 Å². The van der Waals surface area contributed by atoms with Gasteiger partial charge in [-0.05, 0) is 30.2 Å². The fourth-order valence-corrected chi connectivity index (χ4v) is 3.99. The van der Waals surface area contributed by atoms with Gasteiger partial charge in [-0.2, -0.15) is 0 Å². The van der Waals surface area contributed by atoms with Gasteiger partial charge in [0.05, 0.1) is 30.8 Å². The highest BCUT2D eigenvalue weighted by atomic mass is 16.8. The van der Waals surface area contributed by atoms with Gasteiger partial charge in [0.1, 0.15) is 11.3 Å². The number of hydrogen-bond donors (Lipinski definition) is 2. The third-order valence-electron chi connectivity index (χ3n) is 5.61. The Morgan fingerprint density at radius 1 is 1.21 bits per heavy atom. The number of aryl methyl sites for hydroxylation is 1. The summed E-state index contributed by atoms with van der Waals surface area (Å²) in [6, 6.07) is 17.0. The summed E-state index contributed by atoms with van der Waals surface area (Å²) in [5, 5.41) is 20.1.